The Bertz CT molecular complexity index is 533. The van der Waals surface area contributed by atoms with Crippen molar-refractivity contribution in [1.29, 1.82) is 0 Å². The summed E-state index contributed by atoms with van der Waals surface area (Å²) in [7, 11) is 0. The first kappa shape index (κ1) is 16.6. The van der Waals surface area contributed by atoms with E-state index in [-0.39, 0.29) is 30.2 Å². The van der Waals surface area contributed by atoms with Gasteiger partial charge in [-0.05, 0) is 44.0 Å². The predicted molar refractivity (Wildman–Crippen MR) is 84.7 cm³/mol. The lowest BCUT2D eigenvalue weighted by molar-refractivity contribution is -0.138. The van der Waals surface area contributed by atoms with Crippen molar-refractivity contribution in [3.63, 3.8) is 0 Å². The highest BCUT2D eigenvalue weighted by Crippen LogP contribution is 2.22. The maximum Gasteiger partial charge on any atom is 0.226 e. The summed E-state index contributed by atoms with van der Waals surface area (Å²) >= 11 is 5.80. The average Bonchev–Trinajstić information content (AvgIpc) is 2.49. The van der Waals surface area contributed by atoms with Gasteiger partial charge in [-0.3, -0.25) is 9.59 Å². The Kier molecular flexibility index (Phi) is 5.66. The van der Waals surface area contributed by atoms with Crippen LogP contribution in [-0.4, -0.2) is 35.9 Å². The lowest BCUT2D eigenvalue weighted by Crippen LogP contribution is -2.48. The van der Waals surface area contributed by atoms with Crippen LogP contribution < -0.4 is 10.5 Å². The smallest absolute Gasteiger partial charge is 0.226 e. The zero-order valence-corrected chi connectivity index (χ0v) is 13.4. The van der Waals surface area contributed by atoms with E-state index in [1.54, 1.807) is 29.2 Å². The quantitative estimate of drug-likeness (QED) is 0.902. The summed E-state index contributed by atoms with van der Waals surface area (Å²) < 4.78 is 5.53. The number of hydrogen-bond acceptors (Lipinski definition) is 3. The fourth-order valence-electron chi connectivity index (χ4n) is 2.62. The zero-order valence-electron chi connectivity index (χ0n) is 12.6. The van der Waals surface area contributed by atoms with Crippen LogP contribution in [0.4, 0.5) is 0 Å². The standard InChI is InChI=1S/C16H21ClN2O3/c1-11-2-3-12(16(18)21)10-19(11)15(20)8-9-22-14-6-4-13(17)5-7-14/h4-7,11-12H,2-3,8-10H2,1H3,(H2,18,21)/t11-,12-/m0/s1. The van der Waals surface area contributed by atoms with Crippen LogP contribution in [-0.2, 0) is 9.59 Å². The molecule has 120 valence electrons. The number of rotatable bonds is 5. The lowest BCUT2D eigenvalue weighted by Gasteiger charge is -2.37. The van der Waals surface area contributed by atoms with Crippen LogP contribution in [0.3, 0.4) is 0 Å². The molecule has 0 saturated carbocycles. The second kappa shape index (κ2) is 7.49. The van der Waals surface area contributed by atoms with E-state index in [0.717, 1.165) is 12.8 Å². The minimum atomic E-state index is -0.331. The van der Waals surface area contributed by atoms with Crippen molar-refractivity contribution in [3.8, 4) is 5.75 Å². The van der Waals surface area contributed by atoms with Crippen LogP contribution in [0.25, 0.3) is 0 Å². The second-order valence-electron chi connectivity index (χ2n) is 5.62. The number of carbonyl (C=O) groups is 2. The molecule has 2 atom stereocenters. The van der Waals surface area contributed by atoms with E-state index in [9.17, 15) is 9.59 Å². The van der Waals surface area contributed by atoms with Crippen molar-refractivity contribution in [1.82, 2.24) is 4.90 Å². The highest BCUT2D eigenvalue weighted by molar-refractivity contribution is 6.30. The number of nitrogens with zero attached hydrogens (tertiary/aromatic N) is 1. The molecule has 1 heterocycles. The first-order valence-corrected chi connectivity index (χ1v) is 7.82. The van der Waals surface area contributed by atoms with Crippen molar-refractivity contribution < 1.29 is 14.3 Å². The van der Waals surface area contributed by atoms with Gasteiger partial charge >= 0.3 is 0 Å². The number of hydrogen-bond donors (Lipinski definition) is 1. The van der Waals surface area contributed by atoms with Gasteiger partial charge in [0.25, 0.3) is 0 Å². The van der Waals surface area contributed by atoms with Crippen LogP contribution in [0, 0.1) is 5.92 Å². The molecule has 1 aromatic carbocycles. The van der Waals surface area contributed by atoms with Gasteiger partial charge in [-0.15, -0.1) is 0 Å². The third-order valence-electron chi connectivity index (χ3n) is 4.00. The minimum absolute atomic E-state index is 0.00702. The van der Waals surface area contributed by atoms with Crippen LogP contribution >= 0.6 is 11.6 Å². The topological polar surface area (TPSA) is 72.6 Å². The highest BCUT2D eigenvalue weighted by atomic mass is 35.5. The summed E-state index contributed by atoms with van der Waals surface area (Å²) in [6.07, 6.45) is 1.83. The molecular formula is C16H21ClN2O3. The van der Waals surface area contributed by atoms with E-state index in [1.165, 1.54) is 0 Å². The Morgan fingerprint density at radius 3 is 2.64 bits per heavy atom. The van der Waals surface area contributed by atoms with Crippen molar-refractivity contribution in [2.75, 3.05) is 13.2 Å². The molecule has 1 aromatic rings. The van der Waals surface area contributed by atoms with Crippen LogP contribution in [0.15, 0.2) is 24.3 Å². The SMILES string of the molecule is C[C@H]1CC[C@H](C(N)=O)CN1C(=O)CCOc1ccc(Cl)cc1. The van der Waals surface area contributed by atoms with E-state index in [2.05, 4.69) is 0 Å². The van der Waals surface area contributed by atoms with Gasteiger partial charge in [-0.25, -0.2) is 0 Å². The molecule has 22 heavy (non-hydrogen) atoms. The number of amides is 2. The van der Waals surface area contributed by atoms with Gasteiger partial charge in [-0.2, -0.15) is 0 Å². The predicted octanol–water partition coefficient (Wildman–Crippen LogP) is 2.22. The Hall–Kier alpha value is -1.75. The number of halogens is 1. The fourth-order valence-corrected chi connectivity index (χ4v) is 2.74. The lowest BCUT2D eigenvalue weighted by atomic mass is 9.92. The molecule has 0 aliphatic carbocycles. The molecule has 0 bridgehead atoms. The van der Waals surface area contributed by atoms with Gasteiger partial charge in [0.1, 0.15) is 5.75 Å². The van der Waals surface area contributed by atoms with E-state index in [4.69, 9.17) is 22.1 Å². The van der Waals surface area contributed by atoms with E-state index in [0.29, 0.717) is 23.9 Å². The van der Waals surface area contributed by atoms with Crippen LogP contribution in [0.2, 0.25) is 5.02 Å². The van der Waals surface area contributed by atoms with Gasteiger partial charge in [0.05, 0.1) is 18.9 Å². The van der Waals surface area contributed by atoms with Crippen molar-refractivity contribution in [2.24, 2.45) is 11.7 Å². The summed E-state index contributed by atoms with van der Waals surface area (Å²) in [5.41, 5.74) is 5.35. The molecule has 2 N–H and O–H groups in total. The first-order chi connectivity index (χ1) is 10.5. The summed E-state index contributed by atoms with van der Waals surface area (Å²) in [4.78, 5) is 25.3. The van der Waals surface area contributed by atoms with Crippen LogP contribution in [0.1, 0.15) is 26.2 Å². The van der Waals surface area contributed by atoms with Crippen molar-refractivity contribution in [2.45, 2.75) is 32.2 Å². The Balaban J connectivity index is 1.82. The Morgan fingerprint density at radius 1 is 1.32 bits per heavy atom. The molecule has 0 unspecified atom stereocenters. The number of likely N-dealkylation sites (tertiary alicyclic amines) is 1. The number of nitrogens with two attached hydrogens (primary N) is 1. The minimum Gasteiger partial charge on any atom is -0.493 e. The monoisotopic (exact) mass is 324 g/mol. The third-order valence-corrected chi connectivity index (χ3v) is 4.26. The Morgan fingerprint density at radius 2 is 2.00 bits per heavy atom. The van der Waals surface area contributed by atoms with Gasteiger partial charge in [0.15, 0.2) is 0 Å². The maximum absolute atomic E-state index is 12.3. The van der Waals surface area contributed by atoms with E-state index in [1.807, 2.05) is 6.92 Å². The van der Waals surface area contributed by atoms with E-state index < -0.39 is 0 Å². The van der Waals surface area contributed by atoms with Crippen molar-refractivity contribution in [3.05, 3.63) is 29.3 Å². The molecule has 5 nitrogen and oxygen atoms in total. The van der Waals surface area contributed by atoms with Crippen LogP contribution in [0.5, 0.6) is 5.75 Å². The maximum atomic E-state index is 12.3. The molecular weight excluding hydrogens is 304 g/mol. The molecule has 1 fully saturated rings. The molecule has 0 radical (unpaired) electrons. The number of benzene rings is 1. The average molecular weight is 325 g/mol. The second-order valence-corrected chi connectivity index (χ2v) is 6.06. The molecule has 6 heteroatoms. The molecule has 0 spiro atoms. The largest absolute Gasteiger partial charge is 0.493 e. The number of piperidine rings is 1. The number of primary amides is 1. The summed E-state index contributed by atoms with van der Waals surface area (Å²) in [5.74, 6) is 0.103. The number of ether oxygens (including phenoxy) is 1. The molecule has 1 aliphatic rings. The Labute approximate surface area is 135 Å². The fraction of sp³-hybridized carbons (Fsp3) is 0.500. The first-order valence-electron chi connectivity index (χ1n) is 7.44. The summed E-state index contributed by atoms with van der Waals surface area (Å²) in [6, 6.07) is 7.14. The normalized spacial score (nSPS) is 21.5. The molecule has 1 aliphatic heterocycles. The zero-order chi connectivity index (χ0) is 16.1. The molecule has 2 amide bonds. The third kappa shape index (κ3) is 4.37. The van der Waals surface area contributed by atoms with Gasteiger partial charge in [-0.1, -0.05) is 11.6 Å². The molecule has 0 aromatic heterocycles. The number of carbonyl (C=O) groups excluding carboxylic acids is 2. The van der Waals surface area contributed by atoms with Gasteiger partial charge < -0.3 is 15.4 Å². The molecule has 1 saturated heterocycles. The van der Waals surface area contributed by atoms with Crippen molar-refractivity contribution >= 4 is 23.4 Å². The van der Waals surface area contributed by atoms with E-state index >= 15 is 0 Å². The summed E-state index contributed by atoms with van der Waals surface area (Å²) in [6.45, 7) is 2.70. The van der Waals surface area contributed by atoms with Gasteiger partial charge in [0.2, 0.25) is 11.8 Å². The molecule has 2 rings (SSSR count). The summed E-state index contributed by atoms with van der Waals surface area (Å²) in [5, 5.41) is 0.642. The van der Waals surface area contributed by atoms with Gasteiger partial charge in [0, 0.05) is 17.6 Å². The highest BCUT2D eigenvalue weighted by Gasteiger charge is 2.31.